The second-order valence-electron chi connectivity index (χ2n) is 4.95. The highest BCUT2D eigenvalue weighted by molar-refractivity contribution is 4.96. The number of fused-ring (bicyclic) bond motifs is 5. The van der Waals surface area contributed by atoms with Crippen LogP contribution in [0.15, 0.2) is 0 Å². The molecule has 4 atom stereocenters. The van der Waals surface area contributed by atoms with E-state index in [9.17, 15) is 0 Å². The fourth-order valence-corrected chi connectivity index (χ4v) is 4.23. The highest BCUT2D eigenvalue weighted by Gasteiger charge is 2.46. The summed E-state index contributed by atoms with van der Waals surface area (Å²) in [7, 11) is 0. The molecule has 0 radical (unpaired) electrons. The van der Waals surface area contributed by atoms with E-state index in [2.05, 4.69) is 0 Å². The standard InChI is InChI=1S/C11H18/c1-3-8-7-9(4-1)11-6-2-5-10(8)11/h8-11H,1-7H2/t8-,9+,10+,11?/m1/s1. The summed E-state index contributed by atoms with van der Waals surface area (Å²) in [5.41, 5.74) is 0. The summed E-state index contributed by atoms with van der Waals surface area (Å²) in [4.78, 5) is 0. The van der Waals surface area contributed by atoms with Gasteiger partial charge in [0, 0.05) is 0 Å². The quantitative estimate of drug-likeness (QED) is 0.497. The van der Waals surface area contributed by atoms with Gasteiger partial charge in [0.2, 0.25) is 0 Å². The third-order valence-corrected chi connectivity index (χ3v) is 4.59. The normalized spacial score (nSPS) is 54.5. The van der Waals surface area contributed by atoms with Crippen molar-refractivity contribution in [1.82, 2.24) is 0 Å². The van der Waals surface area contributed by atoms with Crippen molar-refractivity contribution in [3.63, 3.8) is 0 Å². The zero-order valence-corrected chi connectivity index (χ0v) is 7.26. The predicted molar refractivity (Wildman–Crippen MR) is 46.3 cm³/mol. The van der Waals surface area contributed by atoms with Gasteiger partial charge >= 0.3 is 0 Å². The van der Waals surface area contributed by atoms with Crippen LogP contribution in [0.3, 0.4) is 0 Å². The van der Waals surface area contributed by atoms with Gasteiger partial charge in [0.15, 0.2) is 0 Å². The van der Waals surface area contributed by atoms with Crippen LogP contribution in [0.1, 0.15) is 44.9 Å². The monoisotopic (exact) mass is 150 g/mol. The molecule has 0 aromatic rings. The van der Waals surface area contributed by atoms with Gasteiger partial charge in [-0.05, 0) is 42.9 Å². The second kappa shape index (κ2) is 2.24. The summed E-state index contributed by atoms with van der Waals surface area (Å²) in [6, 6.07) is 0. The van der Waals surface area contributed by atoms with Gasteiger partial charge in [0.05, 0.1) is 0 Å². The van der Waals surface area contributed by atoms with Gasteiger partial charge < -0.3 is 0 Å². The Morgan fingerprint density at radius 3 is 1.82 bits per heavy atom. The maximum Gasteiger partial charge on any atom is -0.0355 e. The lowest BCUT2D eigenvalue weighted by atomic mass is 9.85. The fourth-order valence-electron chi connectivity index (χ4n) is 4.23. The summed E-state index contributed by atoms with van der Waals surface area (Å²) >= 11 is 0. The number of rotatable bonds is 0. The van der Waals surface area contributed by atoms with Crippen molar-refractivity contribution in [2.75, 3.05) is 0 Å². The second-order valence-corrected chi connectivity index (χ2v) is 4.95. The molecule has 0 aromatic heterocycles. The van der Waals surface area contributed by atoms with Crippen LogP contribution in [0.4, 0.5) is 0 Å². The van der Waals surface area contributed by atoms with Crippen LogP contribution in [0.5, 0.6) is 0 Å². The van der Waals surface area contributed by atoms with Gasteiger partial charge in [-0.25, -0.2) is 0 Å². The van der Waals surface area contributed by atoms with Gasteiger partial charge in [-0.3, -0.25) is 0 Å². The molecule has 3 fully saturated rings. The number of hydrogen-bond donors (Lipinski definition) is 0. The molecule has 2 bridgehead atoms. The molecular weight excluding hydrogens is 132 g/mol. The maximum atomic E-state index is 1.62. The van der Waals surface area contributed by atoms with Crippen LogP contribution in [0, 0.1) is 23.7 Å². The lowest BCUT2D eigenvalue weighted by Gasteiger charge is -2.20. The Morgan fingerprint density at radius 1 is 0.636 bits per heavy atom. The van der Waals surface area contributed by atoms with Crippen LogP contribution in [-0.4, -0.2) is 0 Å². The van der Waals surface area contributed by atoms with Gasteiger partial charge in [0.25, 0.3) is 0 Å². The fraction of sp³-hybridized carbons (Fsp3) is 1.00. The Labute approximate surface area is 69.4 Å². The minimum atomic E-state index is 1.18. The first-order chi connectivity index (χ1) is 5.45. The van der Waals surface area contributed by atoms with Crippen LogP contribution in [0.2, 0.25) is 0 Å². The van der Waals surface area contributed by atoms with Crippen LogP contribution < -0.4 is 0 Å². The van der Waals surface area contributed by atoms with E-state index < -0.39 is 0 Å². The van der Waals surface area contributed by atoms with Crippen LogP contribution in [0.25, 0.3) is 0 Å². The Morgan fingerprint density at radius 2 is 1.18 bits per heavy atom. The third kappa shape index (κ3) is 0.816. The lowest BCUT2D eigenvalue weighted by molar-refractivity contribution is 0.312. The first-order valence-electron chi connectivity index (χ1n) is 5.45. The van der Waals surface area contributed by atoms with E-state index in [4.69, 9.17) is 0 Å². The molecule has 3 aliphatic carbocycles. The van der Waals surface area contributed by atoms with Crippen molar-refractivity contribution in [3.05, 3.63) is 0 Å². The molecule has 0 aliphatic heterocycles. The SMILES string of the molecule is C1C[C@H]2C[C@@H](C1)[C@@H]1CCCC21. The van der Waals surface area contributed by atoms with Crippen LogP contribution >= 0.6 is 0 Å². The molecule has 1 unspecified atom stereocenters. The van der Waals surface area contributed by atoms with Crippen molar-refractivity contribution in [3.8, 4) is 0 Å². The molecule has 3 saturated carbocycles. The highest BCUT2D eigenvalue weighted by atomic mass is 14.5. The molecule has 0 amide bonds. The smallest absolute Gasteiger partial charge is 0.0355 e. The Hall–Kier alpha value is 0. The third-order valence-electron chi connectivity index (χ3n) is 4.59. The van der Waals surface area contributed by atoms with E-state index in [1.165, 1.54) is 23.7 Å². The van der Waals surface area contributed by atoms with Gasteiger partial charge in [-0.1, -0.05) is 25.7 Å². The Kier molecular flexibility index (Phi) is 1.33. The van der Waals surface area contributed by atoms with Gasteiger partial charge in [0.1, 0.15) is 0 Å². The minimum absolute atomic E-state index is 1.18. The van der Waals surface area contributed by atoms with E-state index in [0.29, 0.717) is 0 Å². The summed E-state index contributed by atoms with van der Waals surface area (Å²) in [6.07, 6.45) is 11.1. The van der Waals surface area contributed by atoms with Gasteiger partial charge in [-0.2, -0.15) is 0 Å². The van der Waals surface area contributed by atoms with Crippen molar-refractivity contribution in [2.45, 2.75) is 44.9 Å². The molecule has 11 heavy (non-hydrogen) atoms. The van der Waals surface area contributed by atoms with Crippen LogP contribution in [-0.2, 0) is 0 Å². The van der Waals surface area contributed by atoms with E-state index in [1.54, 1.807) is 44.9 Å². The van der Waals surface area contributed by atoms with E-state index >= 15 is 0 Å². The predicted octanol–water partition coefficient (Wildman–Crippen LogP) is 3.22. The molecule has 3 rings (SSSR count). The first-order valence-corrected chi connectivity index (χ1v) is 5.45. The largest absolute Gasteiger partial charge is 0.0528 e. The average Bonchev–Trinajstić information content (AvgIpc) is 2.58. The molecule has 0 nitrogen and oxygen atoms in total. The van der Waals surface area contributed by atoms with Gasteiger partial charge in [-0.15, -0.1) is 0 Å². The molecule has 0 spiro atoms. The summed E-state index contributed by atoms with van der Waals surface area (Å²) in [5, 5.41) is 0. The van der Waals surface area contributed by atoms with E-state index in [0.717, 1.165) is 0 Å². The Bertz CT molecular complexity index is 145. The molecule has 0 aromatic carbocycles. The van der Waals surface area contributed by atoms with Crippen molar-refractivity contribution >= 4 is 0 Å². The van der Waals surface area contributed by atoms with E-state index in [-0.39, 0.29) is 0 Å². The molecule has 0 heteroatoms. The molecule has 62 valence electrons. The van der Waals surface area contributed by atoms with Crippen molar-refractivity contribution in [1.29, 1.82) is 0 Å². The van der Waals surface area contributed by atoms with Crippen molar-refractivity contribution in [2.24, 2.45) is 23.7 Å². The summed E-state index contributed by atoms with van der Waals surface area (Å²) < 4.78 is 0. The highest BCUT2D eigenvalue weighted by Crippen LogP contribution is 2.56. The molecular formula is C11H18. The van der Waals surface area contributed by atoms with Crippen molar-refractivity contribution < 1.29 is 0 Å². The molecule has 0 saturated heterocycles. The Balaban J connectivity index is 1.88. The zero-order valence-electron chi connectivity index (χ0n) is 7.26. The maximum absolute atomic E-state index is 1.62. The molecule has 3 aliphatic rings. The molecule has 0 heterocycles. The lowest BCUT2D eigenvalue weighted by Crippen LogP contribution is -2.08. The zero-order chi connectivity index (χ0) is 7.26. The number of hydrogen-bond acceptors (Lipinski definition) is 0. The minimum Gasteiger partial charge on any atom is -0.0528 e. The summed E-state index contributed by atoms with van der Waals surface area (Å²) in [6.45, 7) is 0. The summed E-state index contributed by atoms with van der Waals surface area (Å²) in [5.74, 6) is 4.76. The topological polar surface area (TPSA) is 0 Å². The first kappa shape index (κ1) is 6.51. The molecule has 0 N–H and O–H groups in total. The average molecular weight is 150 g/mol. The van der Waals surface area contributed by atoms with E-state index in [1.807, 2.05) is 0 Å².